The molecule has 1 unspecified atom stereocenters. The second-order valence-electron chi connectivity index (χ2n) is 5.04. The van der Waals surface area contributed by atoms with E-state index in [1.54, 1.807) is 11.3 Å². The van der Waals surface area contributed by atoms with E-state index in [1.807, 2.05) is 7.05 Å². The van der Waals surface area contributed by atoms with Gasteiger partial charge >= 0.3 is 0 Å². The normalized spacial score (nSPS) is 18.1. The molecule has 0 saturated heterocycles. The molecule has 0 aromatic carbocycles. The summed E-state index contributed by atoms with van der Waals surface area (Å²) in [4.78, 5) is 10.2. The molecule has 18 heavy (non-hydrogen) atoms. The van der Waals surface area contributed by atoms with Gasteiger partial charge in [-0.3, -0.25) is 4.99 Å². The molecule has 1 aliphatic rings. The van der Waals surface area contributed by atoms with E-state index >= 15 is 0 Å². The predicted molar refractivity (Wildman–Crippen MR) is 78.0 cm³/mol. The van der Waals surface area contributed by atoms with Gasteiger partial charge < -0.3 is 15.5 Å². The first-order valence-electron chi connectivity index (χ1n) is 6.32. The summed E-state index contributed by atoms with van der Waals surface area (Å²) in [6.07, 6.45) is 2.49. The summed E-state index contributed by atoms with van der Waals surface area (Å²) in [6.45, 7) is 0.719. The van der Waals surface area contributed by atoms with Gasteiger partial charge in [-0.1, -0.05) is 6.07 Å². The van der Waals surface area contributed by atoms with E-state index in [4.69, 9.17) is 5.73 Å². The molecule has 2 N–H and O–H groups in total. The van der Waals surface area contributed by atoms with Crippen LogP contribution in [0, 0.1) is 0 Å². The molecule has 100 valence electrons. The lowest BCUT2D eigenvalue weighted by Gasteiger charge is -2.23. The van der Waals surface area contributed by atoms with E-state index in [0.717, 1.165) is 6.54 Å². The zero-order valence-corrected chi connectivity index (χ0v) is 12.2. The molecule has 4 nitrogen and oxygen atoms in total. The van der Waals surface area contributed by atoms with E-state index in [9.17, 15) is 0 Å². The van der Waals surface area contributed by atoms with Crippen molar-refractivity contribution in [3.63, 3.8) is 0 Å². The molecule has 0 aliphatic heterocycles. The summed E-state index contributed by atoms with van der Waals surface area (Å²) in [5.74, 6) is 0.668. The van der Waals surface area contributed by atoms with Gasteiger partial charge in [0, 0.05) is 18.0 Å². The molecular weight excluding hydrogens is 244 g/mol. The highest BCUT2D eigenvalue weighted by atomic mass is 32.1. The molecule has 2 rings (SSSR count). The lowest BCUT2D eigenvalue weighted by atomic mass is 10.2. The minimum Gasteiger partial charge on any atom is -0.370 e. The number of thiophene rings is 1. The zero-order valence-electron chi connectivity index (χ0n) is 11.3. The minimum atomic E-state index is 0.316. The van der Waals surface area contributed by atoms with Crippen LogP contribution in [-0.4, -0.2) is 49.5 Å². The van der Waals surface area contributed by atoms with E-state index in [-0.39, 0.29) is 0 Å². The van der Waals surface area contributed by atoms with Crippen molar-refractivity contribution in [1.82, 2.24) is 9.80 Å². The van der Waals surface area contributed by atoms with Crippen molar-refractivity contribution >= 4 is 17.3 Å². The second-order valence-corrected chi connectivity index (χ2v) is 6.02. The van der Waals surface area contributed by atoms with E-state index in [2.05, 4.69) is 46.4 Å². The number of nitrogens with two attached hydrogens (primary N) is 1. The van der Waals surface area contributed by atoms with Crippen LogP contribution in [0.3, 0.4) is 0 Å². The number of guanidine groups is 1. The van der Waals surface area contributed by atoms with Gasteiger partial charge in [0.1, 0.15) is 0 Å². The van der Waals surface area contributed by atoms with Gasteiger partial charge in [-0.25, -0.2) is 0 Å². The molecule has 0 spiro atoms. The van der Waals surface area contributed by atoms with Gasteiger partial charge in [-0.05, 0) is 38.4 Å². The van der Waals surface area contributed by atoms with Crippen LogP contribution in [0.2, 0.25) is 0 Å². The maximum Gasteiger partial charge on any atom is 0.191 e. The van der Waals surface area contributed by atoms with Crippen molar-refractivity contribution < 1.29 is 0 Å². The van der Waals surface area contributed by atoms with Crippen molar-refractivity contribution in [3.8, 4) is 0 Å². The SMILES string of the molecule is CN(C)C(CN=C(N)N(C)C1CC1)c1cccs1. The summed E-state index contributed by atoms with van der Waals surface area (Å²) in [6, 6.07) is 5.18. The van der Waals surface area contributed by atoms with Crippen LogP contribution in [0.5, 0.6) is 0 Å². The molecule has 1 saturated carbocycles. The van der Waals surface area contributed by atoms with Gasteiger partial charge in [0.05, 0.1) is 12.6 Å². The summed E-state index contributed by atoms with van der Waals surface area (Å²) in [7, 11) is 6.20. The molecule has 1 fully saturated rings. The highest BCUT2D eigenvalue weighted by molar-refractivity contribution is 7.10. The summed E-state index contributed by atoms with van der Waals surface area (Å²) < 4.78 is 0. The van der Waals surface area contributed by atoms with E-state index in [1.165, 1.54) is 17.7 Å². The average molecular weight is 266 g/mol. The quantitative estimate of drug-likeness (QED) is 0.652. The van der Waals surface area contributed by atoms with Crippen molar-refractivity contribution in [3.05, 3.63) is 22.4 Å². The molecule has 1 aromatic rings. The third kappa shape index (κ3) is 3.23. The fourth-order valence-corrected chi connectivity index (χ4v) is 2.84. The third-order valence-corrected chi connectivity index (χ3v) is 4.35. The van der Waals surface area contributed by atoms with Gasteiger partial charge in [-0.2, -0.15) is 0 Å². The Morgan fingerprint density at radius 1 is 1.50 bits per heavy atom. The second kappa shape index (κ2) is 5.71. The smallest absolute Gasteiger partial charge is 0.191 e. The Labute approximate surface area is 113 Å². The largest absolute Gasteiger partial charge is 0.370 e. The van der Waals surface area contributed by atoms with E-state index < -0.39 is 0 Å². The monoisotopic (exact) mass is 266 g/mol. The van der Waals surface area contributed by atoms with Crippen LogP contribution in [0.25, 0.3) is 0 Å². The zero-order chi connectivity index (χ0) is 13.1. The first kappa shape index (κ1) is 13.4. The molecule has 5 heteroatoms. The Hall–Kier alpha value is -1.07. The fourth-order valence-electron chi connectivity index (χ4n) is 1.93. The lowest BCUT2D eigenvalue weighted by Crippen LogP contribution is -2.36. The number of hydrogen-bond acceptors (Lipinski definition) is 3. The van der Waals surface area contributed by atoms with Crippen molar-refractivity contribution in [2.24, 2.45) is 10.7 Å². The van der Waals surface area contributed by atoms with E-state index in [0.29, 0.717) is 18.0 Å². The highest BCUT2D eigenvalue weighted by Gasteiger charge is 2.27. The molecule has 0 bridgehead atoms. The molecular formula is C13H22N4S. The van der Waals surface area contributed by atoms with Crippen LogP contribution in [0.15, 0.2) is 22.5 Å². The summed E-state index contributed by atoms with van der Waals surface area (Å²) in [5.41, 5.74) is 6.02. The van der Waals surface area contributed by atoms with Gasteiger partial charge in [0.25, 0.3) is 0 Å². The Morgan fingerprint density at radius 3 is 2.72 bits per heavy atom. The molecule has 0 amide bonds. The predicted octanol–water partition coefficient (Wildman–Crippen LogP) is 1.76. The molecule has 0 radical (unpaired) electrons. The number of likely N-dealkylation sites (N-methyl/N-ethyl adjacent to an activating group) is 1. The van der Waals surface area contributed by atoms with Crippen molar-refractivity contribution in [2.75, 3.05) is 27.7 Å². The first-order chi connectivity index (χ1) is 8.59. The summed E-state index contributed by atoms with van der Waals surface area (Å²) >= 11 is 1.77. The number of hydrogen-bond donors (Lipinski definition) is 1. The standard InChI is InChI=1S/C13H22N4S/c1-16(2)11(12-5-4-8-18-12)9-15-13(14)17(3)10-6-7-10/h4-5,8,10-11H,6-7,9H2,1-3H3,(H2,14,15). The fraction of sp³-hybridized carbons (Fsp3) is 0.615. The summed E-state index contributed by atoms with van der Waals surface area (Å²) in [5, 5.41) is 2.11. The molecule has 1 heterocycles. The van der Waals surface area contributed by atoms with Gasteiger partial charge in [0.15, 0.2) is 5.96 Å². The average Bonchev–Trinajstić information content (AvgIpc) is 3.05. The topological polar surface area (TPSA) is 44.9 Å². The van der Waals surface area contributed by atoms with Gasteiger partial charge in [-0.15, -0.1) is 11.3 Å². The van der Waals surface area contributed by atoms with Crippen molar-refractivity contribution in [2.45, 2.75) is 24.9 Å². The highest BCUT2D eigenvalue weighted by Crippen LogP contribution is 2.26. The van der Waals surface area contributed by atoms with Crippen LogP contribution in [0.1, 0.15) is 23.8 Å². The maximum atomic E-state index is 6.02. The number of aliphatic imine (C=N–C) groups is 1. The Balaban J connectivity index is 1.99. The van der Waals surface area contributed by atoms with Crippen LogP contribution in [0.4, 0.5) is 0 Å². The van der Waals surface area contributed by atoms with Gasteiger partial charge in [0.2, 0.25) is 0 Å². The lowest BCUT2D eigenvalue weighted by molar-refractivity contribution is 0.309. The number of nitrogens with zero attached hydrogens (tertiary/aromatic N) is 3. The maximum absolute atomic E-state index is 6.02. The van der Waals surface area contributed by atoms with Crippen LogP contribution < -0.4 is 5.73 Å². The first-order valence-corrected chi connectivity index (χ1v) is 7.20. The Bertz CT molecular complexity index is 395. The molecule has 1 aromatic heterocycles. The number of rotatable bonds is 5. The molecule has 1 atom stereocenters. The van der Waals surface area contributed by atoms with Crippen LogP contribution in [-0.2, 0) is 0 Å². The van der Waals surface area contributed by atoms with Crippen molar-refractivity contribution in [1.29, 1.82) is 0 Å². The Morgan fingerprint density at radius 2 is 2.22 bits per heavy atom. The Kier molecular flexibility index (Phi) is 4.24. The minimum absolute atomic E-state index is 0.316. The van der Waals surface area contributed by atoms with Crippen LogP contribution >= 0.6 is 11.3 Å². The third-order valence-electron chi connectivity index (χ3n) is 3.38. The molecule has 1 aliphatic carbocycles.